The van der Waals surface area contributed by atoms with Crippen LogP contribution in [0.2, 0.25) is 0 Å². The number of nitrogens with zero attached hydrogens (tertiary/aromatic N) is 2. The van der Waals surface area contributed by atoms with Gasteiger partial charge in [0.1, 0.15) is 6.04 Å². The van der Waals surface area contributed by atoms with Crippen molar-refractivity contribution in [3.63, 3.8) is 0 Å². The van der Waals surface area contributed by atoms with E-state index in [1.54, 1.807) is 18.7 Å². The minimum absolute atomic E-state index is 0.182. The molecule has 1 N–H and O–H groups in total. The molecule has 9 heteroatoms. The van der Waals surface area contributed by atoms with E-state index in [9.17, 15) is 9.36 Å². The van der Waals surface area contributed by atoms with Crippen LogP contribution in [0.5, 0.6) is 0 Å². The quantitative estimate of drug-likeness (QED) is 0.238. The summed E-state index contributed by atoms with van der Waals surface area (Å²) in [6.07, 6.45) is 1.33. The molecule has 0 aromatic heterocycles. The standard InChI is InChI=1S/C13H25N2O6P/c1-5-20-22(18,21-6-2)12(10(3)14-17)15-9-7-8-11(15)13(16)19-4/h11-12,17H,5-9H2,1-4H3/b14-10+/t11-,12-/m0/s1. The molecule has 0 amide bonds. The maximum atomic E-state index is 13.1. The Morgan fingerprint density at radius 1 is 1.41 bits per heavy atom. The zero-order valence-corrected chi connectivity index (χ0v) is 14.4. The smallest absolute Gasteiger partial charge is 0.353 e. The van der Waals surface area contributed by atoms with E-state index in [1.165, 1.54) is 14.0 Å². The predicted octanol–water partition coefficient (Wildman–Crippen LogP) is 2.07. The van der Waals surface area contributed by atoms with Crippen LogP contribution in [-0.4, -0.2) is 60.5 Å². The Morgan fingerprint density at radius 3 is 2.45 bits per heavy atom. The van der Waals surface area contributed by atoms with Crippen molar-refractivity contribution >= 4 is 19.3 Å². The highest BCUT2D eigenvalue weighted by Crippen LogP contribution is 2.55. The van der Waals surface area contributed by atoms with Crippen molar-refractivity contribution in [1.82, 2.24) is 4.90 Å². The van der Waals surface area contributed by atoms with E-state index in [0.29, 0.717) is 13.0 Å². The molecule has 0 aromatic rings. The first-order chi connectivity index (χ1) is 10.4. The van der Waals surface area contributed by atoms with Crippen molar-refractivity contribution < 1.29 is 28.4 Å². The van der Waals surface area contributed by atoms with Crippen LogP contribution in [0.25, 0.3) is 0 Å². The summed E-state index contributed by atoms with van der Waals surface area (Å²) in [6.45, 7) is 5.82. The van der Waals surface area contributed by atoms with Crippen LogP contribution in [-0.2, 0) is 23.1 Å². The maximum Gasteiger partial charge on any atom is 0.353 e. The monoisotopic (exact) mass is 336 g/mol. The summed E-state index contributed by atoms with van der Waals surface area (Å²) in [5.41, 5.74) is 0.182. The van der Waals surface area contributed by atoms with Gasteiger partial charge in [-0.2, -0.15) is 0 Å². The molecule has 0 bridgehead atoms. The molecule has 1 heterocycles. The number of carbonyl (C=O) groups excluding carboxylic acids is 1. The molecular weight excluding hydrogens is 311 g/mol. The average molecular weight is 336 g/mol. The van der Waals surface area contributed by atoms with E-state index in [2.05, 4.69) is 5.16 Å². The molecular formula is C13H25N2O6P. The van der Waals surface area contributed by atoms with Gasteiger partial charge in [-0.05, 0) is 33.6 Å². The first-order valence-electron chi connectivity index (χ1n) is 7.36. The van der Waals surface area contributed by atoms with Crippen molar-refractivity contribution in [3.05, 3.63) is 0 Å². The summed E-state index contributed by atoms with van der Waals surface area (Å²) < 4.78 is 28.7. The minimum atomic E-state index is -3.61. The lowest BCUT2D eigenvalue weighted by Gasteiger charge is -2.35. The number of carbonyl (C=O) groups is 1. The minimum Gasteiger partial charge on any atom is -0.468 e. The van der Waals surface area contributed by atoms with Crippen LogP contribution < -0.4 is 0 Å². The summed E-state index contributed by atoms with van der Waals surface area (Å²) in [7, 11) is -2.30. The topological polar surface area (TPSA) is 97.7 Å². The lowest BCUT2D eigenvalue weighted by atomic mass is 10.2. The summed E-state index contributed by atoms with van der Waals surface area (Å²) in [6, 6.07) is -0.555. The van der Waals surface area contributed by atoms with Gasteiger partial charge < -0.3 is 19.0 Å². The Morgan fingerprint density at radius 2 is 2.00 bits per heavy atom. The maximum absolute atomic E-state index is 13.1. The number of rotatable bonds is 8. The third kappa shape index (κ3) is 4.07. The molecule has 0 radical (unpaired) electrons. The predicted molar refractivity (Wildman–Crippen MR) is 81.3 cm³/mol. The Kier molecular flexibility index (Phi) is 7.48. The lowest BCUT2D eigenvalue weighted by Crippen LogP contribution is -2.47. The molecule has 128 valence electrons. The van der Waals surface area contributed by atoms with E-state index in [-0.39, 0.29) is 18.9 Å². The molecule has 0 unspecified atom stereocenters. The fourth-order valence-corrected chi connectivity index (χ4v) is 4.94. The molecule has 0 saturated carbocycles. The number of ether oxygens (including phenoxy) is 1. The van der Waals surface area contributed by atoms with E-state index >= 15 is 0 Å². The van der Waals surface area contributed by atoms with Crippen LogP contribution in [0, 0.1) is 0 Å². The molecule has 0 aliphatic carbocycles. The largest absolute Gasteiger partial charge is 0.468 e. The van der Waals surface area contributed by atoms with Gasteiger partial charge in [0.15, 0.2) is 5.78 Å². The second kappa shape index (κ2) is 8.62. The molecule has 2 atom stereocenters. The van der Waals surface area contributed by atoms with E-state index in [0.717, 1.165) is 6.42 Å². The van der Waals surface area contributed by atoms with Gasteiger partial charge in [-0.3, -0.25) is 14.3 Å². The van der Waals surface area contributed by atoms with Gasteiger partial charge in [-0.15, -0.1) is 0 Å². The molecule has 1 saturated heterocycles. The van der Waals surface area contributed by atoms with Gasteiger partial charge in [0.25, 0.3) is 0 Å². The first kappa shape index (κ1) is 19.1. The Balaban J connectivity index is 3.22. The van der Waals surface area contributed by atoms with Gasteiger partial charge in [-0.25, -0.2) is 0 Å². The molecule has 1 aliphatic rings. The zero-order chi connectivity index (χ0) is 16.8. The molecule has 0 aromatic carbocycles. The molecule has 8 nitrogen and oxygen atoms in total. The molecule has 1 aliphatic heterocycles. The fourth-order valence-electron chi connectivity index (χ4n) is 2.71. The molecule has 1 fully saturated rings. The lowest BCUT2D eigenvalue weighted by molar-refractivity contribution is -0.145. The van der Waals surface area contributed by atoms with Crippen LogP contribution in [0.1, 0.15) is 33.6 Å². The third-order valence-electron chi connectivity index (χ3n) is 3.53. The van der Waals surface area contributed by atoms with Crippen molar-refractivity contribution in [2.45, 2.75) is 45.4 Å². The van der Waals surface area contributed by atoms with Gasteiger partial charge in [0.05, 0.1) is 26.0 Å². The highest BCUT2D eigenvalue weighted by atomic mass is 31.2. The summed E-state index contributed by atoms with van der Waals surface area (Å²) in [5.74, 6) is -1.32. The number of oxime groups is 1. The molecule has 22 heavy (non-hydrogen) atoms. The van der Waals surface area contributed by atoms with Crippen LogP contribution in [0.4, 0.5) is 0 Å². The van der Waals surface area contributed by atoms with Crippen LogP contribution in [0.15, 0.2) is 5.16 Å². The number of hydrogen-bond acceptors (Lipinski definition) is 8. The number of methoxy groups -OCH3 is 1. The number of likely N-dealkylation sites (tertiary alicyclic amines) is 1. The van der Waals surface area contributed by atoms with Gasteiger partial charge in [-0.1, -0.05) is 5.16 Å². The van der Waals surface area contributed by atoms with Crippen LogP contribution >= 0.6 is 7.60 Å². The molecule has 0 spiro atoms. The fraction of sp³-hybridized carbons (Fsp3) is 0.846. The van der Waals surface area contributed by atoms with Crippen LogP contribution in [0.3, 0.4) is 0 Å². The summed E-state index contributed by atoms with van der Waals surface area (Å²) >= 11 is 0. The van der Waals surface area contributed by atoms with E-state index in [4.69, 9.17) is 19.0 Å². The highest BCUT2D eigenvalue weighted by molar-refractivity contribution is 7.55. The first-order valence-corrected chi connectivity index (χ1v) is 8.97. The number of hydrogen-bond donors (Lipinski definition) is 1. The number of esters is 1. The van der Waals surface area contributed by atoms with Crippen molar-refractivity contribution in [2.24, 2.45) is 5.16 Å². The van der Waals surface area contributed by atoms with Crippen molar-refractivity contribution in [3.8, 4) is 0 Å². The highest BCUT2D eigenvalue weighted by Gasteiger charge is 2.48. The average Bonchev–Trinajstić information content (AvgIpc) is 2.95. The summed E-state index contributed by atoms with van der Waals surface area (Å²) in [5, 5.41) is 12.3. The van der Waals surface area contributed by atoms with Crippen molar-refractivity contribution in [1.29, 1.82) is 0 Å². The van der Waals surface area contributed by atoms with Gasteiger partial charge in [0.2, 0.25) is 0 Å². The zero-order valence-electron chi connectivity index (χ0n) is 13.5. The molecule has 1 rings (SSSR count). The SMILES string of the molecule is CCOP(=O)(OCC)[C@@H](/C(C)=N/O)N1CCC[C@H]1C(=O)OC. The second-order valence-corrected chi connectivity index (χ2v) is 6.99. The van der Waals surface area contributed by atoms with E-state index < -0.39 is 25.4 Å². The van der Waals surface area contributed by atoms with Gasteiger partial charge >= 0.3 is 13.6 Å². The Hall–Kier alpha value is -0.950. The van der Waals surface area contributed by atoms with Gasteiger partial charge in [0, 0.05) is 6.54 Å². The Labute approximate surface area is 130 Å². The normalized spacial score (nSPS) is 21.8. The van der Waals surface area contributed by atoms with Crippen molar-refractivity contribution in [2.75, 3.05) is 26.9 Å². The summed E-state index contributed by atoms with van der Waals surface area (Å²) in [4.78, 5) is 13.6. The Bertz CT molecular complexity index is 446. The van der Waals surface area contributed by atoms with E-state index in [1.807, 2.05) is 0 Å². The second-order valence-electron chi connectivity index (χ2n) is 4.91. The third-order valence-corrected chi connectivity index (χ3v) is 6.04.